The van der Waals surface area contributed by atoms with Crippen molar-refractivity contribution >= 4 is 0 Å². The summed E-state index contributed by atoms with van der Waals surface area (Å²) in [6, 6.07) is 4.59. The van der Waals surface area contributed by atoms with Crippen molar-refractivity contribution in [3.05, 3.63) is 48.8 Å². The molecule has 0 aromatic carbocycles. The maximum Gasteiger partial charge on any atom is 0.0949 e. The zero-order valence-electron chi connectivity index (χ0n) is 12.8. The molecule has 22 heavy (non-hydrogen) atoms. The van der Waals surface area contributed by atoms with E-state index in [1.807, 2.05) is 37.2 Å². The third kappa shape index (κ3) is 2.78. The van der Waals surface area contributed by atoms with Crippen LogP contribution in [0.2, 0.25) is 0 Å². The van der Waals surface area contributed by atoms with Gasteiger partial charge >= 0.3 is 0 Å². The molecule has 0 unspecified atom stereocenters. The van der Waals surface area contributed by atoms with E-state index in [4.69, 9.17) is 4.74 Å². The van der Waals surface area contributed by atoms with Crippen LogP contribution in [0.25, 0.3) is 0 Å². The number of hydrogen-bond acceptors (Lipinski definition) is 4. The summed E-state index contributed by atoms with van der Waals surface area (Å²) in [5.41, 5.74) is 1.30. The van der Waals surface area contributed by atoms with E-state index in [0.717, 1.165) is 32.7 Å². The lowest BCUT2D eigenvalue weighted by atomic mass is 9.88. The van der Waals surface area contributed by atoms with Crippen LogP contribution in [0, 0.1) is 0 Å². The molecule has 2 saturated heterocycles. The van der Waals surface area contributed by atoms with Crippen molar-refractivity contribution in [2.24, 2.45) is 0 Å². The third-order valence-corrected chi connectivity index (χ3v) is 4.88. The first-order valence-corrected chi connectivity index (χ1v) is 8.06. The quantitative estimate of drug-likeness (QED) is 0.872. The Balaban J connectivity index is 1.43. The second kappa shape index (κ2) is 5.82. The molecule has 0 N–H and O–H groups in total. The molecule has 4 rings (SSSR count). The summed E-state index contributed by atoms with van der Waals surface area (Å²) in [5, 5.41) is 0. The van der Waals surface area contributed by atoms with Crippen LogP contribution < -0.4 is 0 Å². The average Bonchev–Trinajstić information content (AvgIpc) is 3.19. The number of aromatic nitrogens is 3. The number of ether oxygens (including phenoxy) is 1. The van der Waals surface area contributed by atoms with Crippen LogP contribution in [0.4, 0.5) is 0 Å². The van der Waals surface area contributed by atoms with E-state index in [1.165, 1.54) is 18.4 Å². The number of rotatable bonds is 3. The number of piperidine rings is 1. The van der Waals surface area contributed by atoms with Gasteiger partial charge in [-0.15, -0.1) is 0 Å². The molecule has 0 bridgehead atoms. The highest BCUT2D eigenvalue weighted by Crippen LogP contribution is 2.39. The summed E-state index contributed by atoms with van der Waals surface area (Å²) in [6.45, 7) is 3.94. The predicted molar refractivity (Wildman–Crippen MR) is 83.3 cm³/mol. The second-order valence-electron chi connectivity index (χ2n) is 6.54. The molecule has 2 aromatic rings. The fourth-order valence-electron chi connectivity index (χ4n) is 3.86. The van der Waals surface area contributed by atoms with Gasteiger partial charge in [0.2, 0.25) is 0 Å². The van der Waals surface area contributed by atoms with Gasteiger partial charge in [-0.3, -0.25) is 9.88 Å². The van der Waals surface area contributed by atoms with Crippen molar-refractivity contribution in [3.8, 4) is 0 Å². The molecule has 0 amide bonds. The highest BCUT2D eigenvalue weighted by Gasteiger charge is 2.43. The van der Waals surface area contributed by atoms with Crippen LogP contribution in [0.5, 0.6) is 0 Å². The molecule has 116 valence electrons. The minimum absolute atomic E-state index is 0.0232. The highest BCUT2D eigenvalue weighted by atomic mass is 16.5. The molecule has 5 heteroatoms. The topological polar surface area (TPSA) is 43.2 Å². The SMILES string of the molecule is c1cncc(CN2CCC[C@@]3(C[C@H](n4ccnc4)CO3)C2)c1. The standard InChI is InChI=1S/C17H22N4O/c1-3-15(10-18-5-1)11-20-7-2-4-17(13-20)9-16(12-22-17)21-8-6-19-14-21/h1,3,5-6,8,10,14,16H,2,4,7,9,11-13H2/t16-,17+/m0/s1. The maximum absolute atomic E-state index is 6.28. The largest absolute Gasteiger partial charge is 0.371 e. The van der Waals surface area contributed by atoms with Crippen LogP contribution in [0.15, 0.2) is 43.2 Å². The zero-order valence-corrected chi connectivity index (χ0v) is 12.8. The van der Waals surface area contributed by atoms with Gasteiger partial charge in [0.05, 0.1) is 24.6 Å². The zero-order chi connectivity index (χ0) is 14.8. The molecule has 5 nitrogen and oxygen atoms in total. The van der Waals surface area contributed by atoms with E-state index in [0.29, 0.717) is 6.04 Å². The van der Waals surface area contributed by atoms with Gasteiger partial charge in [-0.25, -0.2) is 4.98 Å². The third-order valence-electron chi connectivity index (χ3n) is 4.88. The first-order valence-electron chi connectivity index (χ1n) is 8.06. The van der Waals surface area contributed by atoms with Crippen LogP contribution in [0.1, 0.15) is 30.9 Å². The van der Waals surface area contributed by atoms with Gasteiger partial charge in [0.15, 0.2) is 0 Å². The molecule has 0 radical (unpaired) electrons. The van der Waals surface area contributed by atoms with E-state index >= 15 is 0 Å². The Labute approximate surface area is 130 Å². The molecule has 2 aromatic heterocycles. The first-order chi connectivity index (χ1) is 10.8. The van der Waals surface area contributed by atoms with E-state index < -0.39 is 0 Å². The van der Waals surface area contributed by atoms with Gasteiger partial charge in [0.1, 0.15) is 0 Å². The predicted octanol–water partition coefficient (Wildman–Crippen LogP) is 2.27. The minimum Gasteiger partial charge on any atom is -0.371 e. The second-order valence-corrected chi connectivity index (χ2v) is 6.54. The number of hydrogen-bond donors (Lipinski definition) is 0. The molecule has 2 aliphatic rings. The fourth-order valence-corrected chi connectivity index (χ4v) is 3.86. The van der Waals surface area contributed by atoms with Gasteiger partial charge in [-0.1, -0.05) is 6.07 Å². The number of nitrogens with zero attached hydrogens (tertiary/aromatic N) is 4. The Morgan fingerprint density at radius 2 is 2.32 bits per heavy atom. The van der Waals surface area contributed by atoms with Crippen LogP contribution in [-0.4, -0.2) is 44.7 Å². The molecule has 4 heterocycles. The monoisotopic (exact) mass is 298 g/mol. The molecular formula is C17H22N4O. The van der Waals surface area contributed by atoms with Crippen molar-refractivity contribution in [3.63, 3.8) is 0 Å². The van der Waals surface area contributed by atoms with Gasteiger partial charge < -0.3 is 9.30 Å². The van der Waals surface area contributed by atoms with Crippen molar-refractivity contribution in [2.45, 2.75) is 37.5 Å². The molecule has 1 spiro atoms. The van der Waals surface area contributed by atoms with Gasteiger partial charge in [0, 0.05) is 44.3 Å². The van der Waals surface area contributed by atoms with Gasteiger partial charge in [-0.05, 0) is 31.0 Å². The normalized spacial score (nSPS) is 29.2. The summed E-state index contributed by atoms with van der Waals surface area (Å²) in [7, 11) is 0. The summed E-state index contributed by atoms with van der Waals surface area (Å²) in [6.07, 6.45) is 13.1. The van der Waals surface area contributed by atoms with Crippen molar-refractivity contribution in [2.75, 3.05) is 19.7 Å². The molecule has 0 aliphatic carbocycles. The lowest BCUT2D eigenvalue weighted by molar-refractivity contribution is -0.0535. The maximum atomic E-state index is 6.28. The van der Waals surface area contributed by atoms with Gasteiger partial charge in [-0.2, -0.15) is 0 Å². The van der Waals surface area contributed by atoms with E-state index in [2.05, 4.69) is 25.5 Å². The molecule has 2 aliphatic heterocycles. The Bertz CT molecular complexity index is 600. The van der Waals surface area contributed by atoms with Gasteiger partial charge in [0.25, 0.3) is 0 Å². The van der Waals surface area contributed by atoms with E-state index in [9.17, 15) is 0 Å². The van der Waals surface area contributed by atoms with Crippen molar-refractivity contribution < 1.29 is 4.74 Å². The average molecular weight is 298 g/mol. The Hall–Kier alpha value is -1.72. The molecule has 0 saturated carbocycles. The van der Waals surface area contributed by atoms with Crippen LogP contribution in [-0.2, 0) is 11.3 Å². The summed E-state index contributed by atoms with van der Waals surface area (Å²) >= 11 is 0. The highest BCUT2D eigenvalue weighted by molar-refractivity contribution is 5.09. The Morgan fingerprint density at radius 3 is 3.14 bits per heavy atom. The lowest BCUT2D eigenvalue weighted by Crippen LogP contribution is -2.47. The minimum atomic E-state index is 0.0232. The lowest BCUT2D eigenvalue weighted by Gasteiger charge is -2.39. The van der Waals surface area contributed by atoms with E-state index in [-0.39, 0.29) is 5.60 Å². The first kappa shape index (κ1) is 13.9. The summed E-state index contributed by atoms with van der Waals surface area (Å²) < 4.78 is 8.47. The smallest absolute Gasteiger partial charge is 0.0949 e. The number of likely N-dealkylation sites (tertiary alicyclic amines) is 1. The summed E-state index contributed by atoms with van der Waals surface area (Å²) in [4.78, 5) is 10.9. The van der Waals surface area contributed by atoms with Crippen molar-refractivity contribution in [1.82, 2.24) is 19.4 Å². The molecule has 2 fully saturated rings. The number of imidazole rings is 1. The molecule has 2 atom stereocenters. The summed E-state index contributed by atoms with van der Waals surface area (Å²) in [5.74, 6) is 0. The van der Waals surface area contributed by atoms with Crippen LogP contribution >= 0.6 is 0 Å². The molecular weight excluding hydrogens is 276 g/mol. The fraction of sp³-hybridized carbons (Fsp3) is 0.529. The Morgan fingerprint density at radius 1 is 1.32 bits per heavy atom. The number of pyridine rings is 1. The van der Waals surface area contributed by atoms with Crippen LogP contribution in [0.3, 0.4) is 0 Å². The van der Waals surface area contributed by atoms with Crippen molar-refractivity contribution in [1.29, 1.82) is 0 Å². The Kier molecular flexibility index (Phi) is 3.68. The van der Waals surface area contributed by atoms with E-state index in [1.54, 1.807) is 0 Å².